The van der Waals surface area contributed by atoms with Crippen LogP contribution in [0.2, 0.25) is 0 Å². The molecule has 3 nitrogen and oxygen atoms in total. The second-order valence-corrected chi connectivity index (χ2v) is 13.3. The standard InChI is InChI=1S/C46H33N3/c1-46(2)40-20-12-11-19-38(40)39-28-26-35(29-41(39)46)30-21-23-32(24-22-30)37-27-25-31-13-9-10-18-36(31)42(37)45-48-43(33-14-5-3-6-15-33)47-44(49-45)34-16-7-4-8-17-34/h3-29H,1-2H3. The summed E-state index contributed by atoms with van der Waals surface area (Å²) in [5.41, 5.74) is 12.9. The first-order valence-electron chi connectivity index (χ1n) is 16.8. The van der Waals surface area contributed by atoms with E-state index in [-0.39, 0.29) is 5.41 Å². The van der Waals surface area contributed by atoms with Crippen molar-refractivity contribution in [3.63, 3.8) is 0 Å². The molecule has 0 saturated carbocycles. The number of hydrogen-bond acceptors (Lipinski definition) is 3. The molecule has 49 heavy (non-hydrogen) atoms. The Labute approximate surface area is 286 Å². The molecule has 232 valence electrons. The minimum atomic E-state index is -0.0381. The highest BCUT2D eigenvalue weighted by Gasteiger charge is 2.35. The van der Waals surface area contributed by atoms with Crippen LogP contribution >= 0.6 is 0 Å². The predicted octanol–water partition coefficient (Wildman–Crippen LogP) is 11.7. The van der Waals surface area contributed by atoms with Gasteiger partial charge in [0.1, 0.15) is 0 Å². The normalized spacial score (nSPS) is 12.9. The fraction of sp³-hybridized carbons (Fsp3) is 0.0652. The van der Waals surface area contributed by atoms with Gasteiger partial charge >= 0.3 is 0 Å². The van der Waals surface area contributed by atoms with Gasteiger partial charge in [-0.1, -0.05) is 172 Å². The summed E-state index contributed by atoms with van der Waals surface area (Å²) in [7, 11) is 0. The Hall–Kier alpha value is -6.19. The molecule has 1 aliphatic rings. The lowest BCUT2D eigenvalue weighted by Gasteiger charge is -2.22. The lowest BCUT2D eigenvalue weighted by molar-refractivity contribution is 0.660. The van der Waals surface area contributed by atoms with Gasteiger partial charge in [0, 0.05) is 22.1 Å². The van der Waals surface area contributed by atoms with Crippen LogP contribution in [-0.2, 0) is 5.41 Å². The summed E-state index contributed by atoms with van der Waals surface area (Å²) in [6, 6.07) is 57.9. The van der Waals surface area contributed by atoms with E-state index in [0.29, 0.717) is 17.5 Å². The highest BCUT2D eigenvalue weighted by molar-refractivity contribution is 6.03. The smallest absolute Gasteiger partial charge is 0.165 e. The summed E-state index contributed by atoms with van der Waals surface area (Å²) < 4.78 is 0. The molecular formula is C46H33N3. The molecule has 1 heterocycles. The molecule has 8 aromatic rings. The van der Waals surface area contributed by atoms with E-state index in [1.54, 1.807) is 0 Å². The third kappa shape index (κ3) is 4.94. The van der Waals surface area contributed by atoms with E-state index in [4.69, 9.17) is 15.0 Å². The summed E-state index contributed by atoms with van der Waals surface area (Å²) in [6.45, 7) is 4.67. The summed E-state index contributed by atoms with van der Waals surface area (Å²) in [5, 5.41) is 2.25. The topological polar surface area (TPSA) is 38.7 Å². The average Bonchev–Trinajstić information content (AvgIpc) is 3.40. The van der Waals surface area contributed by atoms with E-state index in [1.165, 1.54) is 33.4 Å². The van der Waals surface area contributed by atoms with Crippen molar-refractivity contribution in [2.45, 2.75) is 19.3 Å². The van der Waals surface area contributed by atoms with Crippen LogP contribution in [0.15, 0.2) is 164 Å². The Morgan fingerprint density at radius 2 is 0.898 bits per heavy atom. The van der Waals surface area contributed by atoms with Gasteiger partial charge in [-0.05, 0) is 61.3 Å². The van der Waals surface area contributed by atoms with Crippen molar-refractivity contribution >= 4 is 10.8 Å². The van der Waals surface area contributed by atoms with Crippen LogP contribution in [0.3, 0.4) is 0 Å². The molecular weight excluding hydrogens is 595 g/mol. The molecule has 0 spiro atoms. The van der Waals surface area contributed by atoms with Crippen LogP contribution in [0, 0.1) is 0 Å². The van der Waals surface area contributed by atoms with Gasteiger partial charge in [0.15, 0.2) is 17.5 Å². The summed E-state index contributed by atoms with van der Waals surface area (Å²) >= 11 is 0. The second-order valence-electron chi connectivity index (χ2n) is 13.3. The fourth-order valence-corrected chi connectivity index (χ4v) is 7.40. The third-order valence-electron chi connectivity index (χ3n) is 9.96. The first kappa shape index (κ1) is 29.0. The molecule has 3 heteroatoms. The Morgan fingerprint density at radius 3 is 1.61 bits per heavy atom. The molecule has 9 rings (SSSR count). The lowest BCUT2D eigenvalue weighted by atomic mass is 9.81. The van der Waals surface area contributed by atoms with Crippen molar-refractivity contribution < 1.29 is 0 Å². The van der Waals surface area contributed by atoms with Crippen LogP contribution < -0.4 is 0 Å². The second kappa shape index (κ2) is 11.5. The van der Waals surface area contributed by atoms with Gasteiger partial charge in [0.05, 0.1) is 0 Å². The Morgan fingerprint density at radius 1 is 0.367 bits per heavy atom. The number of hydrogen-bond donors (Lipinski definition) is 0. The molecule has 0 amide bonds. The minimum absolute atomic E-state index is 0.0381. The zero-order valence-corrected chi connectivity index (χ0v) is 27.4. The summed E-state index contributed by atoms with van der Waals surface area (Å²) in [5.74, 6) is 1.96. The van der Waals surface area contributed by atoms with Gasteiger partial charge < -0.3 is 0 Å². The number of nitrogens with zero attached hydrogens (tertiary/aromatic N) is 3. The molecule has 0 atom stereocenters. The molecule has 7 aromatic carbocycles. The van der Waals surface area contributed by atoms with Crippen LogP contribution in [0.5, 0.6) is 0 Å². The zero-order chi connectivity index (χ0) is 33.0. The van der Waals surface area contributed by atoms with Crippen LogP contribution in [0.25, 0.3) is 78.3 Å². The maximum absolute atomic E-state index is 5.14. The van der Waals surface area contributed by atoms with Crippen molar-refractivity contribution in [2.75, 3.05) is 0 Å². The third-order valence-corrected chi connectivity index (χ3v) is 9.96. The molecule has 0 aliphatic heterocycles. The van der Waals surface area contributed by atoms with Crippen LogP contribution in [0.1, 0.15) is 25.0 Å². The van der Waals surface area contributed by atoms with Gasteiger partial charge in [-0.2, -0.15) is 0 Å². The van der Waals surface area contributed by atoms with Gasteiger partial charge in [-0.3, -0.25) is 0 Å². The zero-order valence-electron chi connectivity index (χ0n) is 27.4. The minimum Gasteiger partial charge on any atom is -0.208 e. The van der Waals surface area contributed by atoms with E-state index in [1.807, 2.05) is 36.4 Å². The first-order chi connectivity index (χ1) is 24.0. The maximum atomic E-state index is 5.14. The van der Waals surface area contributed by atoms with E-state index in [0.717, 1.165) is 38.6 Å². The molecule has 0 N–H and O–H groups in total. The molecule has 0 radical (unpaired) electrons. The number of benzene rings is 7. The Kier molecular flexibility index (Phi) is 6.80. The van der Waals surface area contributed by atoms with Crippen molar-refractivity contribution in [1.29, 1.82) is 0 Å². The van der Waals surface area contributed by atoms with Crippen LogP contribution in [0.4, 0.5) is 0 Å². The number of rotatable bonds is 5. The number of aromatic nitrogens is 3. The molecule has 0 unspecified atom stereocenters. The van der Waals surface area contributed by atoms with Crippen molar-refractivity contribution in [2.24, 2.45) is 0 Å². The highest BCUT2D eigenvalue weighted by atomic mass is 15.0. The van der Waals surface area contributed by atoms with E-state index < -0.39 is 0 Å². The van der Waals surface area contributed by atoms with Crippen molar-refractivity contribution in [3.05, 3.63) is 175 Å². The Bertz CT molecular complexity index is 2440. The van der Waals surface area contributed by atoms with Gasteiger partial charge in [0.25, 0.3) is 0 Å². The SMILES string of the molecule is CC1(C)c2ccccc2-c2ccc(-c3ccc(-c4ccc5ccccc5c4-c4nc(-c5ccccc5)nc(-c5ccccc5)n4)cc3)cc21. The molecule has 1 aliphatic carbocycles. The number of fused-ring (bicyclic) bond motifs is 4. The summed E-state index contributed by atoms with van der Waals surface area (Å²) in [4.78, 5) is 15.2. The quantitative estimate of drug-likeness (QED) is 0.191. The van der Waals surface area contributed by atoms with Gasteiger partial charge in [-0.25, -0.2) is 15.0 Å². The van der Waals surface area contributed by atoms with Gasteiger partial charge in [-0.15, -0.1) is 0 Å². The highest BCUT2D eigenvalue weighted by Crippen LogP contribution is 2.49. The average molecular weight is 628 g/mol. The molecule has 0 saturated heterocycles. The fourth-order valence-electron chi connectivity index (χ4n) is 7.40. The lowest BCUT2D eigenvalue weighted by Crippen LogP contribution is -2.14. The van der Waals surface area contributed by atoms with Crippen molar-refractivity contribution in [3.8, 4) is 67.5 Å². The maximum Gasteiger partial charge on any atom is 0.165 e. The summed E-state index contributed by atoms with van der Waals surface area (Å²) in [6.07, 6.45) is 0. The monoisotopic (exact) mass is 627 g/mol. The van der Waals surface area contributed by atoms with E-state index in [2.05, 4.69) is 141 Å². The van der Waals surface area contributed by atoms with E-state index in [9.17, 15) is 0 Å². The predicted molar refractivity (Wildman–Crippen MR) is 202 cm³/mol. The largest absolute Gasteiger partial charge is 0.208 e. The molecule has 0 bridgehead atoms. The molecule has 1 aromatic heterocycles. The van der Waals surface area contributed by atoms with Crippen LogP contribution in [-0.4, -0.2) is 15.0 Å². The van der Waals surface area contributed by atoms with Gasteiger partial charge in [0.2, 0.25) is 0 Å². The first-order valence-corrected chi connectivity index (χ1v) is 16.8. The molecule has 0 fully saturated rings. The Balaban J connectivity index is 1.18. The van der Waals surface area contributed by atoms with Crippen molar-refractivity contribution in [1.82, 2.24) is 15.0 Å². The van der Waals surface area contributed by atoms with E-state index >= 15 is 0 Å².